The minimum Gasteiger partial charge on any atom is -0.445 e. The van der Waals surface area contributed by atoms with E-state index in [2.05, 4.69) is 11.9 Å². The fourth-order valence-electron chi connectivity index (χ4n) is 1.25. The van der Waals surface area contributed by atoms with Crippen LogP contribution in [0.5, 0.6) is 0 Å². The summed E-state index contributed by atoms with van der Waals surface area (Å²) < 4.78 is 4.97. The number of carbonyl (C=O) groups is 1. The van der Waals surface area contributed by atoms with Crippen LogP contribution < -0.4 is 5.32 Å². The highest BCUT2D eigenvalue weighted by atomic mass is 16.5. The second-order valence-corrected chi connectivity index (χ2v) is 3.62. The average molecular weight is 235 g/mol. The summed E-state index contributed by atoms with van der Waals surface area (Å²) in [6.07, 6.45) is 0.898. The zero-order valence-corrected chi connectivity index (χ0v) is 9.63. The van der Waals surface area contributed by atoms with Crippen LogP contribution in [0, 0.1) is 0 Å². The van der Waals surface area contributed by atoms with Gasteiger partial charge in [0.1, 0.15) is 6.61 Å². The fraction of sp³-hybridized carbons (Fsp3) is 0.308. The zero-order chi connectivity index (χ0) is 12.5. The van der Waals surface area contributed by atoms with Crippen molar-refractivity contribution in [2.24, 2.45) is 0 Å². The van der Waals surface area contributed by atoms with Crippen LogP contribution in [0.25, 0.3) is 0 Å². The van der Waals surface area contributed by atoms with Gasteiger partial charge in [0.25, 0.3) is 0 Å². The number of carbonyl (C=O) groups excluding carboxylic acids is 1. The van der Waals surface area contributed by atoms with Crippen molar-refractivity contribution in [1.29, 1.82) is 0 Å². The van der Waals surface area contributed by atoms with E-state index >= 15 is 0 Å². The second-order valence-electron chi connectivity index (χ2n) is 3.62. The van der Waals surface area contributed by atoms with E-state index < -0.39 is 12.2 Å². The Morgan fingerprint density at radius 1 is 1.47 bits per heavy atom. The minimum atomic E-state index is -0.614. The van der Waals surface area contributed by atoms with Crippen LogP contribution in [-0.4, -0.2) is 23.8 Å². The van der Waals surface area contributed by atoms with Crippen LogP contribution in [0.15, 0.2) is 43.0 Å². The van der Waals surface area contributed by atoms with E-state index in [9.17, 15) is 9.90 Å². The predicted octanol–water partition coefficient (Wildman–Crippen LogP) is 1.85. The summed E-state index contributed by atoms with van der Waals surface area (Å²) in [5.74, 6) is 0. The van der Waals surface area contributed by atoms with E-state index in [1.165, 1.54) is 0 Å². The maximum absolute atomic E-state index is 11.3. The third-order valence-electron chi connectivity index (χ3n) is 2.13. The number of rotatable bonds is 6. The summed E-state index contributed by atoms with van der Waals surface area (Å²) in [7, 11) is 0. The molecule has 0 saturated heterocycles. The molecule has 0 aliphatic heterocycles. The lowest BCUT2D eigenvalue weighted by molar-refractivity contribution is 0.126. The molecule has 0 saturated carbocycles. The van der Waals surface area contributed by atoms with E-state index in [1.54, 1.807) is 6.08 Å². The van der Waals surface area contributed by atoms with Crippen molar-refractivity contribution >= 4 is 6.09 Å². The van der Waals surface area contributed by atoms with Gasteiger partial charge in [-0.25, -0.2) is 4.79 Å². The number of aliphatic hydroxyl groups excluding tert-OH is 1. The molecule has 0 spiro atoms. The summed E-state index contributed by atoms with van der Waals surface area (Å²) >= 11 is 0. The van der Waals surface area contributed by atoms with Crippen LogP contribution in [0.1, 0.15) is 12.0 Å². The van der Waals surface area contributed by atoms with Gasteiger partial charge >= 0.3 is 6.09 Å². The largest absolute Gasteiger partial charge is 0.445 e. The Kier molecular flexibility index (Phi) is 5.82. The van der Waals surface area contributed by atoms with Gasteiger partial charge < -0.3 is 15.2 Å². The Labute approximate surface area is 101 Å². The molecule has 92 valence electrons. The Morgan fingerprint density at radius 3 is 2.82 bits per heavy atom. The van der Waals surface area contributed by atoms with E-state index in [-0.39, 0.29) is 13.2 Å². The van der Waals surface area contributed by atoms with Crippen molar-refractivity contribution in [3.63, 3.8) is 0 Å². The third kappa shape index (κ3) is 5.73. The Bertz CT molecular complexity index is 351. The van der Waals surface area contributed by atoms with Crippen molar-refractivity contribution in [2.45, 2.75) is 19.1 Å². The van der Waals surface area contributed by atoms with Gasteiger partial charge in [0, 0.05) is 6.54 Å². The quantitative estimate of drug-likeness (QED) is 0.740. The molecular weight excluding hydrogens is 218 g/mol. The molecule has 1 unspecified atom stereocenters. The number of ether oxygens (including phenoxy) is 1. The van der Waals surface area contributed by atoms with E-state index in [0.29, 0.717) is 6.42 Å². The monoisotopic (exact) mass is 235 g/mol. The predicted molar refractivity (Wildman–Crippen MR) is 65.5 cm³/mol. The molecule has 0 radical (unpaired) electrons. The maximum atomic E-state index is 11.3. The lowest BCUT2D eigenvalue weighted by atomic mass is 10.2. The molecule has 0 aliphatic rings. The molecule has 4 nitrogen and oxygen atoms in total. The molecule has 4 heteroatoms. The third-order valence-corrected chi connectivity index (χ3v) is 2.13. The number of alkyl carbamates (subject to hydrolysis) is 1. The van der Waals surface area contributed by atoms with Gasteiger partial charge in [-0.1, -0.05) is 36.4 Å². The summed E-state index contributed by atoms with van der Waals surface area (Å²) in [6.45, 7) is 3.89. The van der Waals surface area contributed by atoms with Gasteiger partial charge in [-0.2, -0.15) is 0 Å². The van der Waals surface area contributed by atoms with Gasteiger partial charge in [-0.15, -0.1) is 6.58 Å². The molecule has 0 fully saturated rings. The summed E-state index contributed by atoms with van der Waals surface area (Å²) in [5.41, 5.74) is 0.925. The lowest BCUT2D eigenvalue weighted by Gasteiger charge is -2.10. The Balaban J connectivity index is 2.19. The highest BCUT2D eigenvalue weighted by Crippen LogP contribution is 2.00. The molecule has 1 atom stereocenters. The molecular formula is C13H17NO3. The minimum absolute atomic E-state index is 0.166. The van der Waals surface area contributed by atoms with Crippen molar-refractivity contribution in [2.75, 3.05) is 6.54 Å². The summed E-state index contributed by atoms with van der Waals surface area (Å²) in [4.78, 5) is 11.3. The highest BCUT2D eigenvalue weighted by Gasteiger charge is 2.06. The molecule has 0 aliphatic carbocycles. The van der Waals surface area contributed by atoms with Crippen molar-refractivity contribution in [3.8, 4) is 0 Å². The molecule has 0 aromatic heterocycles. The Hall–Kier alpha value is -1.81. The molecule has 0 bridgehead atoms. The number of benzene rings is 1. The van der Waals surface area contributed by atoms with Crippen LogP contribution in [0.2, 0.25) is 0 Å². The fourth-order valence-corrected chi connectivity index (χ4v) is 1.25. The first-order chi connectivity index (χ1) is 8.22. The first kappa shape index (κ1) is 13.3. The van der Waals surface area contributed by atoms with Crippen LogP contribution >= 0.6 is 0 Å². The van der Waals surface area contributed by atoms with Crippen molar-refractivity contribution in [3.05, 3.63) is 48.6 Å². The highest BCUT2D eigenvalue weighted by molar-refractivity contribution is 5.67. The average Bonchev–Trinajstić information content (AvgIpc) is 2.35. The second kappa shape index (κ2) is 7.46. The van der Waals surface area contributed by atoms with Gasteiger partial charge in [0.15, 0.2) is 0 Å². The number of hydrogen-bond donors (Lipinski definition) is 2. The molecule has 1 aromatic rings. The number of nitrogens with one attached hydrogen (secondary N) is 1. The van der Waals surface area contributed by atoms with Crippen LogP contribution in [0.3, 0.4) is 0 Å². The number of hydrogen-bond acceptors (Lipinski definition) is 3. The zero-order valence-electron chi connectivity index (χ0n) is 9.63. The van der Waals surface area contributed by atoms with Crippen LogP contribution in [0.4, 0.5) is 4.79 Å². The SMILES string of the molecule is C=CCC(O)CNC(=O)OCc1ccccc1. The van der Waals surface area contributed by atoms with Gasteiger partial charge in [0.05, 0.1) is 6.10 Å². The normalized spacial score (nSPS) is 11.6. The first-order valence-corrected chi connectivity index (χ1v) is 5.46. The van der Waals surface area contributed by atoms with E-state index in [0.717, 1.165) is 5.56 Å². The lowest BCUT2D eigenvalue weighted by Crippen LogP contribution is -2.32. The first-order valence-electron chi connectivity index (χ1n) is 5.46. The Morgan fingerprint density at radius 2 is 2.18 bits per heavy atom. The summed E-state index contributed by atoms with van der Waals surface area (Å²) in [6, 6.07) is 9.41. The van der Waals surface area contributed by atoms with Crippen LogP contribution in [-0.2, 0) is 11.3 Å². The molecule has 17 heavy (non-hydrogen) atoms. The van der Waals surface area contributed by atoms with Crippen molar-refractivity contribution < 1.29 is 14.6 Å². The molecule has 2 N–H and O–H groups in total. The number of aliphatic hydroxyl groups is 1. The molecule has 1 aromatic carbocycles. The van der Waals surface area contributed by atoms with Gasteiger partial charge in [0.2, 0.25) is 0 Å². The molecule has 1 rings (SSSR count). The van der Waals surface area contributed by atoms with Gasteiger partial charge in [-0.3, -0.25) is 0 Å². The van der Waals surface area contributed by atoms with E-state index in [1.807, 2.05) is 30.3 Å². The standard InChI is InChI=1S/C13H17NO3/c1-2-6-12(15)9-14-13(16)17-10-11-7-4-3-5-8-11/h2-5,7-8,12,15H,1,6,9-10H2,(H,14,16). The van der Waals surface area contributed by atoms with Crippen molar-refractivity contribution in [1.82, 2.24) is 5.32 Å². The summed E-state index contributed by atoms with van der Waals surface area (Å²) in [5, 5.41) is 11.8. The van der Waals surface area contributed by atoms with E-state index in [4.69, 9.17) is 4.74 Å². The molecule has 0 heterocycles. The molecule has 1 amide bonds. The number of amides is 1. The smallest absolute Gasteiger partial charge is 0.407 e. The topological polar surface area (TPSA) is 58.6 Å². The van der Waals surface area contributed by atoms with Gasteiger partial charge in [-0.05, 0) is 12.0 Å². The maximum Gasteiger partial charge on any atom is 0.407 e.